The predicted octanol–water partition coefficient (Wildman–Crippen LogP) is 4.43. The standard InChI is InChI=1S/C21H14N2O5S/c22-15-18(17-8-10-19(11-9-17)23(24)25)14-16-6-12-20(13-7-16)28-29(26,27)21-4-2-1-3-5-21/h1-14H. The van der Waals surface area contributed by atoms with Gasteiger partial charge in [-0.25, -0.2) is 0 Å². The lowest BCUT2D eigenvalue weighted by Crippen LogP contribution is -2.09. The lowest BCUT2D eigenvalue weighted by Gasteiger charge is -2.07. The molecule has 3 aromatic rings. The average Bonchev–Trinajstić information content (AvgIpc) is 2.74. The first-order valence-electron chi connectivity index (χ1n) is 8.35. The van der Waals surface area contributed by atoms with E-state index in [1.165, 1.54) is 48.5 Å². The summed E-state index contributed by atoms with van der Waals surface area (Å²) in [5.74, 6) is 0.139. The third-order valence-electron chi connectivity index (χ3n) is 3.94. The van der Waals surface area contributed by atoms with Gasteiger partial charge in [0.15, 0.2) is 0 Å². The summed E-state index contributed by atoms with van der Waals surface area (Å²) < 4.78 is 29.6. The highest BCUT2D eigenvalue weighted by molar-refractivity contribution is 7.87. The molecule has 7 nitrogen and oxygen atoms in total. The zero-order valence-electron chi connectivity index (χ0n) is 14.9. The van der Waals surface area contributed by atoms with Crippen LogP contribution in [0.4, 0.5) is 5.69 Å². The minimum atomic E-state index is -3.93. The molecule has 0 atom stereocenters. The van der Waals surface area contributed by atoms with Crippen molar-refractivity contribution in [2.24, 2.45) is 0 Å². The molecule has 0 fully saturated rings. The van der Waals surface area contributed by atoms with Crippen molar-refractivity contribution in [3.05, 3.63) is 100 Å². The second kappa shape index (κ2) is 8.37. The van der Waals surface area contributed by atoms with Crippen molar-refractivity contribution in [1.29, 1.82) is 5.26 Å². The molecule has 0 aliphatic carbocycles. The molecule has 0 aliphatic rings. The Labute approximate surface area is 167 Å². The summed E-state index contributed by atoms with van der Waals surface area (Å²) in [6, 6.07) is 21.7. The SMILES string of the molecule is N#CC(=Cc1ccc(OS(=O)(=O)c2ccccc2)cc1)c1ccc([N+](=O)[O-])cc1. The number of rotatable bonds is 6. The van der Waals surface area contributed by atoms with Crippen LogP contribution in [0.25, 0.3) is 11.6 Å². The van der Waals surface area contributed by atoms with E-state index in [4.69, 9.17) is 4.18 Å². The van der Waals surface area contributed by atoms with Crippen molar-refractivity contribution in [2.45, 2.75) is 4.90 Å². The van der Waals surface area contributed by atoms with Crippen LogP contribution >= 0.6 is 0 Å². The van der Waals surface area contributed by atoms with Crippen LogP contribution in [0.15, 0.2) is 83.8 Å². The first-order valence-corrected chi connectivity index (χ1v) is 9.76. The molecule has 144 valence electrons. The molecule has 0 aromatic heterocycles. The molecule has 29 heavy (non-hydrogen) atoms. The van der Waals surface area contributed by atoms with Gasteiger partial charge in [0.25, 0.3) is 5.69 Å². The summed E-state index contributed by atoms with van der Waals surface area (Å²) in [5, 5.41) is 20.1. The summed E-state index contributed by atoms with van der Waals surface area (Å²) >= 11 is 0. The zero-order valence-corrected chi connectivity index (χ0v) is 15.7. The maximum atomic E-state index is 12.2. The average molecular weight is 406 g/mol. The van der Waals surface area contributed by atoms with Gasteiger partial charge in [-0.05, 0) is 53.6 Å². The van der Waals surface area contributed by atoms with E-state index in [1.807, 2.05) is 0 Å². The van der Waals surface area contributed by atoms with Crippen LogP contribution in [-0.2, 0) is 10.1 Å². The van der Waals surface area contributed by atoms with E-state index in [0.29, 0.717) is 16.7 Å². The Morgan fingerprint density at radius 1 is 0.966 bits per heavy atom. The summed E-state index contributed by atoms with van der Waals surface area (Å²) in [6.07, 6.45) is 1.59. The lowest BCUT2D eigenvalue weighted by atomic mass is 10.0. The monoisotopic (exact) mass is 406 g/mol. The number of nitriles is 1. The number of nitrogens with zero attached hydrogens (tertiary/aromatic N) is 2. The smallest absolute Gasteiger partial charge is 0.339 e. The predicted molar refractivity (Wildman–Crippen MR) is 107 cm³/mol. The minimum Gasteiger partial charge on any atom is -0.379 e. The highest BCUT2D eigenvalue weighted by Gasteiger charge is 2.15. The van der Waals surface area contributed by atoms with Crippen LogP contribution in [0.3, 0.4) is 0 Å². The van der Waals surface area contributed by atoms with Crippen LogP contribution in [0.5, 0.6) is 5.75 Å². The molecule has 0 amide bonds. The van der Waals surface area contributed by atoms with Crippen molar-refractivity contribution < 1.29 is 17.5 Å². The molecule has 8 heteroatoms. The number of allylic oxidation sites excluding steroid dienone is 1. The van der Waals surface area contributed by atoms with Gasteiger partial charge in [0.1, 0.15) is 10.6 Å². The molecule has 0 saturated heterocycles. The van der Waals surface area contributed by atoms with Crippen LogP contribution in [-0.4, -0.2) is 13.3 Å². The number of benzene rings is 3. The van der Waals surface area contributed by atoms with E-state index in [2.05, 4.69) is 6.07 Å². The molecule has 0 N–H and O–H groups in total. The van der Waals surface area contributed by atoms with Gasteiger partial charge in [-0.2, -0.15) is 13.7 Å². The molecule has 0 spiro atoms. The Hall–Kier alpha value is -3.96. The van der Waals surface area contributed by atoms with Crippen molar-refractivity contribution in [1.82, 2.24) is 0 Å². The summed E-state index contributed by atoms with van der Waals surface area (Å²) in [7, 11) is -3.93. The molecule has 0 radical (unpaired) electrons. The molecule has 3 aromatic carbocycles. The van der Waals surface area contributed by atoms with Gasteiger partial charge in [-0.1, -0.05) is 30.3 Å². The fraction of sp³-hybridized carbons (Fsp3) is 0. The topological polar surface area (TPSA) is 110 Å². The van der Waals surface area contributed by atoms with Gasteiger partial charge in [0.05, 0.1) is 16.6 Å². The Morgan fingerprint density at radius 3 is 2.14 bits per heavy atom. The van der Waals surface area contributed by atoms with Gasteiger partial charge in [0, 0.05) is 12.1 Å². The first-order chi connectivity index (χ1) is 13.9. The number of hydrogen-bond donors (Lipinski definition) is 0. The Balaban J connectivity index is 1.80. The molecule has 0 aliphatic heterocycles. The van der Waals surface area contributed by atoms with E-state index in [0.717, 1.165) is 0 Å². The fourth-order valence-electron chi connectivity index (χ4n) is 2.49. The van der Waals surface area contributed by atoms with E-state index in [9.17, 15) is 23.8 Å². The second-order valence-electron chi connectivity index (χ2n) is 5.89. The van der Waals surface area contributed by atoms with E-state index in [-0.39, 0.29) is 16.3 Å². The van der Waals surface area contributed by atoms with Gasteiger partial charge in [-0.15, -0.1) is 0 Å². The van der Waals surface area contributed by atoms with Gasteiger partial charge < -0.3 is 4.18 Å². The lowest BCUT2D eigenvalue weighted by molar-refractivity contribution is -0.384. The van der Waals surface area contributed by atoms with Crippen LogP contribution in [0, 0.1) is 21.4 Å². The second-order valence-corrected chi connectivity index (χ2v) is 7.44. The van der Waals surface area contributed by atoms with E-state index in [1.54, 1.807) is 36.4 Å². The van der Waals surface area contributed by atoms with Gasteiger partial charge in [0.2, 0.25) is 0 Å². The number of hydrogen-bond acceptors (Lipinski definition) is 6. The van der Waals surface area contributed by atoms with Crippen LogP contribution < -0.4 is 4.18 Å². The van der Waals surface area contributed by atoms with Gasteiger partial charge in [-0.3, -0.25) is 10.1 Å². The van der Waals surface area contributed by atoms with Crippen molar-refractivity contribution in [3.63, 3.8) is 0 Å². The third-order valence-corrected chi connectivity index (χ3v) is 5.20. The quantitative estimate of drug-likeness (QED) is 0.197. The highest BCUT2D eigenvalue weighted by atomic mass is 32.2. The summed E-state index contributed by atoms with van der Waals surface area (Å²) in [6.45, 7) is 0. The Morgan fingerprint density at radius 2 is 1.59 bits per heavy atom. The maximum Gasteiger partial charge on any atom is 0.339 e. The fourth-order valence-corrected chi connectivity index (χ4v) is 3.44. The van der Waals surface area contributed by atoms with E-state index < -0.39 is 15.0 Å². The summed E-state index contributed by atoms with van der Waals surface area (Å²) in [4.78, 5) is 10.3. The zero-order chi connectivity index (χ0) is 20.9. The van der Waals surface area contributed by atoms with Crippen molar-refractivity contribution >= 4 is 27.5 Å². The molecular weight excluding hydrogens is 392 g/mol. The number of nitro benzene ring substituents is 1. The molecule has 0 bridgehead atoms. The largest absolute Gasteiger partial charge is 0.379 e. The highest BCUT2D eigenvalue weighted by Crippen LogP contribution is 2.23. The third kappa shape index (κ3) is 4.86. The molecule has 0 heterocycles. The normalized spacial score (nSPS) is 11.5. The molecule has 0 unspecified atom stereocenters. The first kappa shape index (κ1) is 19.8. The van der Waals surface area contributed by atoms with Gasteiger partial charge >= 0.3 is 10.1 Å². The minimum absolute atomic E-state index is 0.0499. The summed E-state index contributed by atoms with van der Waals surface area (Å²) in [5.41, 5.74) is 1.42. The number of non-ortho nitro benzene ring substituents is 1. The molecule has 0 saturated carbocycles. The Bertz CT molecular complexity index is 1190. The van der Waals surface area contributed by atoms with Crippen molar-refractivity contribution in [3.8, 4) is 11.8 Å². The number of nitro groups is 1. The van der Waals surface area contributed by atoms with E-state index >= 15 is 0 Å². The van der Waals surface area contributed by atoms with Crippen LogP contribution in [0.2, 0.25) is 0 Å². The molecular formula is C21H14N2O5S. The van der Waals surface area contributed by atoms with Crippen molar-refractivity contribution in [2.75, 3.05) is 0 Å². The molecule has 3 rings (SSSR count). The Kier molecular flexibility index (Phi) is 5.71. The maximum absolute atomic E-state index is 12.2. The van der Waals surface area contributed by atoms with Crippen LogP contribution in [0.1, 0.15) is 11.1 Å².